The number of anilines is 2. The molecule has 0 amide bonds. The average Bonchev–Trinajstić information content (AvgIpc) is 3.29. The summed E-state index contributed by atoms with van der Waals surface area (Å²) in [5.74, 6) is 3.99. The van der Waals surface area contributed by atoms with Crippen LogP contribution in [-0.2, 0) is 17.3 Å². The summed E-state index contributed by atoms with van der Waals surface area (Å²) >= 11 is 0. The molecule has 33 heavy (non-hydrogen) atoms. The molecule has 3 N–H and O–H groups in total. The Labute approximate surface area is 189 Å². The van der Waals surface area contributed by atoms with Crippen LogP contribution in [0.5, 0.6) is 5.75 Å². The molecule has 2 aromatic carbocycles. The number of halogens is 3. The monoisotopic (exact) mass is 456 g/mol. The highest BCUT2D eigenvalue weighted by Crippen LogP contribution is 2.35. The van der Waals surface area contributed by atoms with Gasteiger partial charge in [-0.05, 0) is 54.2 Å². The molecule has 172 valence electrons. The molecule has 1 fully saturated rings. The van der Waals surface area contributed by atoms with Crippen molar-refractivity contribution in [3.63, 3.8) is 0 Å². The van der Waals surface area contributed by atoms with Crippen LogP contribution in [0.2, 0.25) is 0 Å². The van der Waals surface area contributed by atoms with Crippen LogP contribution in [0, 0.1) is 18.3 Å². The van der Waals surface area contributed by atoms with Crippen molar-refractivity contribution >= 4 is 22.4 Å². The molecule has 1 unspecified atom stereocenters. The first-order valence-corrected chi connectivity index (χ1v) is 10.4. The third-order valence-corrected chi connectivity index (χ3v) is 5.66. The van der Waals surface area contributed by atoms with Crippen LogP contribution in [0.1, 0.15) is 29.2 Å². The van der Waals surface area contributed by atoms with Gasteiger partial charge in [-0.2, -0.15) is 13.2 Å². The fourth-order valence-electron chi connectivity index (χ4n) is 4.01. The second kappa shape index (κ2) is 9.16. The molecule has 9 heteroatoms. The van der Waals surface area contributed by atoms with Crippen molar-refractivity contribution in [2.24, 2.45) is 5.92 Å². The molecule has 0 bridgehead atoms. The van der Waals surface area contributed by atoms with Crippen molar-refractivity contribution in [3.8, 4) is 18.1 Å². The van der Waals surface area contributed by atoms with E-state index >= 15 is 0 Å². The van der Waals surface area contributed by atoms with E-state index in [1.54, 1.807) is 7.11 Å². The molecule has 0 radical (unpaired) electrons. The molecule has 1 aliphatic rings. The number of methoxy groups -OCH3 is 1. The summed E-state index contributed by atoms with van der Waals surface area (Å²) in [5, 5.41) is 3.76. The highest BCUT2D eigenvalue weighted by atomic mass is 19.4. The first kappa shape index (κ1) is 22.7. The van der Waals surface area contributed by atoms with Crippen LogP contribution >= 0.6 is 0 Å². The minimum Gasteiger partial charge on any atom is -0.496 e. The average molecular weight is 456 g/mol. The molecule has 1 aliphatic heterocycles. The van der Waals surface area contributed by atoms with Gasteiger partial charge in [0.15, 0.2) is 0 Å². The number of aromatic nitrogens is 2. The maximum Gasteiger partial charge on any atom is 0.416 e. The van der Waals surface area contributed by atoms with E-state index in [-0.39, 0.29) is 11.3 Å². The Hall–Kier alpha value is -3.51. The van der Waals surface area contributed by atoms with Crippen LogP contribution < -0.4 is 15.8 Å². The van der Waals surface area contributed by atoms with Crippen molar-refractivity contribution in [3.05, 3.63) is 53.3 Å². The molecule has 6 nitrogen and oxygen atoms in total. The third kappa shape index (κ3) is 4.96. The molecule has 1 saturated heterocycles. The van der Waals surface area contributed by atoms with Crippen LogP contribution in [-0.4, -0.2) is 30.3 Å². The molecule has 4 rings (SSSR count). The Morgan fingerprint density at radius 1 is 1.27 bits per heavy atom. The number of nitrogens with one attached hydrogen (secondary N) is 1. The summed E-state index contributed by atoms with van der Waals surface area (Å²) < 4.78 is 50.8. The van der Waals surface area contributed by atoms with Gasteiger partial charge in [0.25, 0.3) is 0 Å². The van der Waals surface area contributed by atoms with E-state index in [1.807, 2.05) is 12.1 Å². The lowest BCUT2D eigenvalue weighted by atomic mass is 9.96. The highest BCUT2D eigenvalue weighted by Gasteiger charge is 2.31. The molecule has 2 atom stereocenters. The number of nitrogen functional groups attached to an aromatic ring is 1. The molecular weight excluding hydrogens is 433 g/mol. The van der Waals surface area contributed by atoms with Crippen LogP contribution in [0.25, 0.3) is 10.9 Å². The number of ether oxygens (including phenoxy) is 2. The lowest BCUT2D eigenvalue weighted by Crippen LogP contribution is -2.13. The van der Waals surface area contributed by atoms with Crippen LogP contribution in [0.15, 0.2) is 36.7 Å². The van der Waals surface area contributed by atoms with Crippen molar-refractivity contribution in [1.82, 2.24) is 9.97 Å². The largest absolute Gasteiger partial charge is 0.496 e. The summed E-state index contributed by atoms with van der Waals surface area (Å²) in [6, 6.07) is 6.16. The summed E-state index contributed by atoms with van der Waals surface area (Å²) in [4.78, 5) is 8.62. The lowest BCUT2D eigenvalue weighted by Gasteiger charge is -2.19. The smallest absolute Gasteiger partial charge is 0.416 e. The summed E-state index contributed by atoms with van der Waals surface area (Å²) in [6.45, 7) is 1.42. The number of benzene rings is 2. The normalized spacial score (nSPS) is 17.0. The topological polar surface area (TPSA) is 82.3 Å². The van der Waals surface area contributed by atoms with Crippen molar-refractivity contribution in [2.45, 2.75) is 25.1 Å². The van der Waals surface area contributed by atoms with Gasteiger partial charge in [0.1, 0.15) is 23.9 Å². The van der Waals surface area contributed by atoms with Gasteiger partial charge in [0.2, 0.25) is 0 Å². The van der Waals surface area contributed by atoms with Gasteiger partial charge in [-0.25, -0.2) is 9.97 Å². The van der Waals surface area contributed by atoms with E-state index in [1.165, 1.54) is 12.4 Å². The van der Waals surface area contributed by atoms with Crippen molar-refractivity contribution < 1.29 is 22.6 Å². The van der Waals surface area contributed by atoms with E-state index in [2.05, 4.69) is 21.2 Å². The maximum absolute atomic E-state index is 13.3. The Kier molecular flexibility index (Phi) is 6.29. The SMILES string of the molecule is C#C[C@@H](Nc1ncnc2cc(OC)c(CC3CCOC3)cc12)c1cc(N)cc(C(F)(F)F)c1. The zero-order valence-corrected chi connectivity index (χ0v) is 17.9. The Balaban J connectivity index is 1.71. The van der Waals surface area contributed by atoms with Gasteiger partial charge in [-0.1, -0.05) is 5.92 Å². The summed E-state index contributed by atoms with van der Waals surface area (Å²) in [6.07, 6.45) is 4.23. The molecule has 2 heterocycles. The number of nitrogens with zero attached hydrogens (tertiary/aromatic N) is 2. The van der Waals surface area contributed by atoms with Gasteiger partial charge < -0.3 is 20.5 Å². The first-order valence-electron chi connectivity index (χ1n) is 10.4. The molecule has 0 spiro atoms. The molecule has 0 aliphatic carbocycles. The number of rotatable bonds is 6. The quantitative estimate of drug-likeness (QED) is 0.417. The molecule has 0 saturated carbocycles. The maximum atomic E-state index is 13.3. The van der Waals surface area contributed by atoms with Gasteiger partial charge in [-0.15, -0.1) is 6.42 Å². The number of hydrogen-bond donors (Lipinski definition) is 2. The van der Waals surface area contributed by atoms with E-state index in [0.29, 0.717) is 35.0 Å². The number of nitrogens with two attached hydrogens (primary N) is 1. The minimum atomic E-state index is -4.54. The fraction of sp³-hybridized carbons (Fsp3) is 0.333. The van der Waals surface area contributed by atoms with Crippen LogP contribution in [0.3, 0.4) is 0 Å². The van der Waals surface area contributed by atoms with Crippen molar-refractivity contribution in [2.75, 3.05) is 31.4 Å². The minimum absolute atomic E-state index is 0.0276. The van der Waals surface area contributed by atoms with Gasteiger partial charge in [0, 0.05) is 30.4 Å². The summed E-state index contributed by atoms with van der Waals surface area (Å²) in [7, 11) is 1.60. The third-order valence-electron chi connectivity index (χ3n) is 5.66. The highest BCUT2D eigenvalue weighted by molar-refractivity contribution is 5.91. The number of terminal acetylenes is 1. The molecular formula is C24H23F3N4O2. The predicted octanol–water partition coefficient (Wildman–Crippen LogP) is 4.60. The van der Waals surface area contributed by atoms with Crippen molar-refractivity contribution in [1.29, 1.82) is 0 Å². The zero-order chi connectivity index (χ0) is 23.6. The lowest BCUT2D eigenvalue weighted by molar-refractivity contribution is -0.137. The molecule has 1 aromatic heterocycles. The summed E-state index contributed by atoms with van der Waals surface area (Å²) in [5.41, 5.74) is 6.63. The van der Waals surface area contributed by atoms with Gasteiger partial charge in [0.05, 0.1) is 18.2 Å². The van der Waals surface area contributed by atoms with E-state index in [4.69, 9.17) is 21.6 Å². The zero-order valence-electron chi connectivity index (χ0n) is 17.9. The predicted molar refractivity (Wildman–Crippen MR) is 120 cm³/mol. The Morgan fingerprint density at radius 2 is 2.09 bits per heavy atom. The molecule has 3 aromatic rings. The second-order valence-electron chi connectivity index (χ2n) is 7.97. The van der Waals surface area contributed by atoms with Crippen LogP contribution in [0.4, 0.5) is 24.7 Å². The second-order valence-corrected chi connectivity index (χ2v) is 7.97. The van der Waals surface area contributed by atoms with Gasteiger partial charge in [-0.3, -0.25) is 0 Å². The number of hydrogen-bond acceptors (Lipinski definition) is 6. The first-order chi connectivity index (χ1) is 15.8. The fourth-order valence-corrected chi connectivity index (χ4v) is 4.01. The number of alkyl halides is 3. The Morgan fingerprint density at radius 3 is 2.76 bits per heavy atom. The standard InChI is InChI=1S/C24H23F3N4O2/c1-3-20(15-7-17(24(25,26)27)10-18(28)8-15)31-23-19-9-16(6-14-4-5-33-12-14)22(32-2)11-21(19)29-13-30-23/h1,7-11,13-14,20H,4-6,12,28H2,2H3,(H,29,30,31)/t14?,20-/m1/s1. The van der Waals surface area contributed by atoms with Gasteiger partial charge >= 0.3 is 6.18 Å². The van der Waals surface area contributed by atoms with E-state index in [0.717, 1.165) is 37.1 Å². The Bertz CT molecular complexity index is 1200. The van der Waals surface area contributed by atoms with E-state index < -0.39 is 17.8 Å². The number of fused-ring (bicyclic) bond motifs is 1. The van der Waals surface area contributed by atoms with E-state index in [9.17, 15) is 13.2 Å².